The summed E-state index contributed by atoms with van der Waals surface area (Å²) in [7, 11) is 11.6. The first-order chi connectivity index (χ1) is 23.3. The molecule has 1 saturated heterocycles. The van der Waals surface area contributed by atoms with Crippen LogP contribution in [0.25, 0.3) is 0 Å². The number of halogens is 2. The molecule has 8 heteroatoms. The van der Waals surface area contributed by atoms with Gasteiger partial charge in [0.25, 0.3) is 0 Å². The Hall–Kier alpha value is -2.27. The normalized spacial score (nSPS) is 17.8. The Balaban J connectivity index is 0.000000347. The number of nitro benzene ring substituents is 1. The Kier molecular flexibility index (Phi) is 13.9. The molecule has 3 aromatic carbocycles. The summed E-state index contributed by atoms with van der Waals surface area (Å²) in [6, 6.07) is 18.7. The molecule has 51 heavy (non-hydrogen) atoms. The Morgan fingerprint density at radius 1 is 0.863 bits per heavy atom. The third-order valence-corrected chi connectivity index (χ3v) is 11.4. The smallest absolute Gasteiger partial charge is 0.0145 e. The van der Waals surface area contributed by atoms with Crippen molar-refractivity contribution in [1.82, 2.24) is 0 Å². The first-order valence-electron chi connectivity index (χ1n) is 18.0. The molecule has 1 fully saturated rings. The summed E-state index contributed by atoms with van der Waals surface area (Å²) in [6.45, 7) is 36.9. The zero-order valence-corrected chi connectivity index (χ0v) is 36.8. The fourth-order valence-electron chi connectivity index (χ4n) is 6.82. The fourth-order valence-corrected chi connectivity index (χ4v) is 8.60. The average molecular weight is 826 g/mol. The summed E-state index contributed by atoms with van der Waals surface area (Å²) in [6.07, 6.45) is 1.08. The molecule has 1 atom stereocenters. The van der Waals surface area contributed by atoms with E-state index in [4.69, 9.17) is 24.1 Å². The number of hydrogen-bond acceptors (Lipinski definition) is 4. The number of anilines is 1. The van der Waals surface area contributed by atoms with Crippen LogP contribution in [0, 0.1) is 16.7 Å². The van der Waals surface area contributed by atoms with E-state index >= 15 is 0 Å². The van der Waals surface area contributed by atoms with E-state index in [1.807, 2.05) is 13.8 Å². The molecule has 0 aromatic heterocycles. The Bertz CT molecular complexity index is 1670. The van der Waals surface area contributed by atoms with Gasteiger partial charge in [-0.05, 0) is 65.2 Å². The van der Waals surface area contributed by atoms with Gasteiger partial charge in [0.05, 0.1) is 0 Å². The van der Waals surface area contributed by atoms with Crippen LogP contribution in [0.2, 0.25) is 0 Å². The van der Waals surface area contributed by atoms with Crippen LogP contribution in [0.1, 0.15) is 155 Å². The van der Waals surface area contributed by atoms with Gasteiger partial charge in [0.1, 0.15) is 0 Å². The molecule has 0 N–H and O–H groups in total. The monoisotopic (exact) mass is 825 g/mol. The number of para-hydroxylation sites is 1. The molecule has 284 valence electrons. The van der Waals surface area contributed by atoms with E-state index in [-0.39, 0.29) is 33.6 Å². The Morgan fingerprint density at radius 3 is 1.78 bits per heavy atom. The summed E-state index contributed by atoms with van der Waals surface area (Å²) >= 11 is -2.05. The maximum atomic E-state index is 10.7. The number of nitro groups is 1. The summed E-state index contributed by atoms with van der Waals surface area (Å²) in [5, 5.41) is 10.7. The fraction of sp³-hybridized carbons (Fsp3) is 0.535. The predicted molar refractivity (Wildman–Crippen MR) is 217 cm³/mol. The number of rotatable bonds is 8. The van der Waals surface area contributed by atoms with E-state index in [9.17, 15) is 10.1 Å². The molecule has 1 aliphatic rings. The average Bonchev–Trinajstić information content (AvgIpc) is 3.25. The second-order valence-electron chi connectivity index (χ2n) is 17.8. The molecule has 1 heterocycles. The van der Waals surface area contributed by atoms with E-state index < -0.39 is 18.4 Å². The van der Waals surface area contributed by atoms with Crippen LogP contribution in [0.4, 0.5) is 11.4 Å². The Labute approximate surface area is 322 Å². The number of non-ortho nitro benzene ring substituents is 1. The molecular formula is C43H61Cl2N2O3Ru-. The van der Waals surface area contributed by atoms with Gasteiger partial charge in [0.15, 0.2) is 0 Å². The largest absolute Gasteiger partial charge is 0.517 e. The van der Waals surface area contributed by atoms with Crippen LogP contribution >= 0.6 is 19.4 Å². The molecule has 4 rings (SSSR count). The summed E-state index contributed by atoms with van der Waals surface area (Å²) in [5.74, 6) is 1.54. The zero-order chi connectivity index (χ0) is 38.9. The summed E-state index contributed by atoms with van der Waals surface area (Å²) in [5.41, 5.74) is 9.50. The number of ether oxygens (including phenoxy) is 1. The zero-order valence-electron chi connectivity index (χ0n) is 33.5. The van der Waals surface area contributed by atoms with Gasteiger partial charge >= 0.3 is 112 Å². The van der Waals surface area contributed by atoms with Crippen LogP contribution in [0.15, 0.2) is 54.6 Å². The molecule has 0 saturated carbocycles. The van der Waals surface area contributed by atoms with Gasteiger partial charge in [-0.25, -0.2) is 6.54 Å². The minimum Gasteiger partial charge on any atom is -0.517 e. The van der Waals surface area contributed by atoms with Crippen molar-refractivity contribution < 1.29 is 23.2 Å². The van der Waals surface area contributed by atoms with Crippen LogP contribution in [-0.4, -0.2) is 21.2 Å². The second kappa shape index (κ2) is 16.4. The van der Waals surface area contributed by atoms with E-state index in [0.717, 1.165) is 6.42 Å². The second-order valence-corrected chi connectivity index (χ2v) is 23.5. The molecule has 0 spiro atoms. The van der Waals surface area contributed by atoms with Gasteiger partial charge in [0, 0.05) is 11.2 Å². The van der Waals surface area contributed by atoms with E-state index in [0.29, 0.717) is 23.1 Å². The number of hydrogen-bond donors (Lipinski definition) is 0. The first-order valence-corrected chi connectivity index (χ1v) is 23.5. The number of nitrogens with zero attached hydrogens (tertiary/aromatic N) is 2. The summed E-state index contributed by atoms with van der Waals surface area (Å²) in [4.78, 5) is 12.8. The van der Waals surface area contributed by atoms with Crippen molar-refractivity contribution in [1.29, 1.82) is 0 Å². The molecular weight excluding hydrogens is 764 g/mol. The standard InChI is InChI=1S/C33H50N.C10H11NO3.2ClH.Ru/c1-22(2)27-15-14-16-28(23(3)4)29(27)34-21-33(13,20-32(34,11)12)26-18-24(30(5,6)7)17-25(19-26)31(8,9)10;1-7(2)14-10-5-4-9(11(12)13)6-8(10)3;;;/h14-19,21-23H,20H2,1-13H3;3-7H,1-2H3;2*1H;/q-1;;;;+2/p-2/t33-;;;;/m0..../s1. The SMILES string of the molecule is CC(C)Oc1ccc([N+](=O)[O-])cc1[CH]=[Ru]([Cl])[Cl].CC(C)c1cccc(C(C)C)c1N1[CH-][C@@](C)(c2cc(C(C)(C)C)cc(C(C)(C)C)c2)CC1(C)C. The minimum absolute atomic E-state index is 0.00360. The quantitative estimate of drug-likeness (QED) is 0.0982. The predicted octanol–water partition coefficient (Wildman–Crippen LogP) is 13.1. The molecule has 0 bridgehead atoms. The maximum absolute atomic E-state index is 10.7. The van der Waals surface area contributed by atoms with Crippen molar-refractivity contribution in [3.63, 3.8) is 0 Å². The van der Waals surface area contributed by atoms with Gasteiger partial charge in [-0.1, -0.05) is 118 Å². The van der Waals surface area contributed by atoms with Crippen LogP contribution in [-0.2, 0) is 29.8 Å². The summed E-state index contributed by atoms with van der Waals surface area (Å²) < 4.78 is 7.17. The van der Waals surface area contributed by atoms with Crippen molar-refractivity contribution in [3.8, 4) is 5.75 Å². The van der Waals surface area contributed by atoms with Crippen LogP contribution in [0.5, 0.6) is 5.75 Å². The minimum atomic E-state index is -2.05. The van der Waals surface area contributed by atoms with Gasteiger partial charge in [-0.2, -0.15) is 0 Å². The first kappa shape index (κ1) is 43.1. The van der Waals surface area contributed by atoms with Gasteiger partial charge < -0.3 is 4.90 Å². The van der Waals surface area contributed by atoms with Crippen LogP contribution < -0.4 is 9.64 Å². The van der Waals surface area contributed by atoms with Crippen molar-refractivity contribution in [2.24, 2.45) is 0 Å². The molecule has 0 amide bonds. The topological polar surface area (TPSA) is 55.6 Å². The van der Waals surface area contributed by atoms with Crippen LogP contribution in [0.3, 0.4) is 0 Å². The van der Waals surface area contributed by atoms with Gasteiger partial charge in [0.2, 0.25) is 0 Å². The number of benzene rings is 3. The molecule has 3 aromatic rings. The van der Waals surface area contributed by atoms with E-state index in [1.165, 1.54) is 45.6 Å². The molecule has 0 unspecified atom stereocenters. The van der Waals surface area contributed by atoms with Crippen molar-refractivity contribution in [2.75, 3.05) is 4.90 Å². The molecule has 5 nitrogen and oxygen atoms in total. The third kappa shape index (κ3) is 10.9. The van der Waals surface area contributed by atoms with Crippen molar-refractivity contribution >= 4 is 35.4 Å². The van der Waals surface area contributed by atoms with E-state index in [1.54, 1.807) is 10.7 Å². The van der Waals surface area contributed by atoms with Gasteiger partial charge in [-0.3, -0.25) is 0 Å². The molecule has 1 aliphatic heterocycles. The van der Waals surface area contributed by atoms with Crippen molar-refractivity contribution in [3.05, 3.63) is 105 Å². The maximum Gasteiger partial charge on any atom is 0.0145 e. The Morgan fingerprint density at radius 2 is 1.37 bits per heavy atom. The molecule has 0 aliphatic carbocycles. The van der Waals surface area contributed by atoms with Crippen molar-refractivity contribution in [2.45, 2.75) is 150 Å². The third-order valence-electron chi connectivity index (χ3n) is 9.53. The van der Waals surface area contributed by atoms with Gasteiger partial charge in [-0.15, -0.1) is 5.41 Å². The molecule has 0 radical (unpaired) electrons. The van der Waals surface area contributed by atoms with E-state index in [2.05, 4.69) is 138 Å².